The van der Waals surface area contributed by atoms with Crippen LogP contribution in [0.3, 0.4) is 0 Å². The van der Waals surface area contributed by atoms with Crippen LogP contribution in [0.25, 0.3) is 0 Å². The Balaban J connectivity index is 2.00. The SMILES string of the molecule is N#Cc1ccncc1OCC1(N)CCCCCC1. The lowest BCUT2D eigenvalue weighted by Gasteiger charge is -2.27. The molecule has 0 unspecified atom stereocenters. The van der Waals surface area contributed by atoms with Crippen molar-refractivity contribution in [1.82, 2.24) is 4.98 Å². The minimum absolute atomic E-state index is 0.251. The first-order valence-electron chi connectivity index (χ1n) is 6.49. The number of rotatable bonds is 3. The molecule has 0 saturated heterocycles. The van der Waals surface area contributed by atoms with E-state index in [9.17, 15) is 0 Å². The van der Waals surface area contributed by atoms with Crippen LogP contribution in [-0.2, 0) is 0 Å². The average Bonchev–Trinajstić information content (AvgIpc) is 2.62. The quantitative estimate of drug-likeness (QED) is 0.830. The molecule has 96 valence electrons. The highest BCUT2D eigenvalue weighted by Gasteiger charge is 2.27. The largest absolute Gasteiger partial charge is 0.489 e. The molecule has 0 amide bonds. The summed E-state index contributed by atoms with van der Waals surface area (Å²) in [5.74, 6) is 0.536. The smallest absolute Gasteiger partial charge is 0.155 e. The molecule has 0 aliphatic heterocycles. The number of pyridine rings is 1. The second-order valence-corrected chi connectivity index (χ2v) is 5.05. The highest BCUT2D eigenvalue weighted by atomic mass is 16.5. The van der Waals surface area contributed by atoms with Crippen LogP contribution in [-0.4, -0.2) is 17.1 Å². The third-order valence-electron chi connectivity index (χ3n) is 3.52. The molecule has 1 aliphatic rings. The van der Waals surface area contributed by atoms with Gasteiger partial charge in [0.05, 0.1) is 17.3 Å². The van der Waals surface area contributed by atoms with Crippen LogP contribution < -0.4 is 10.5 Å². The monoisotopic (exact) mass is 245 g/mol. The van der Waals surface area contributed by atoms with Crippen LogP contribution >= 0.6 is 0 Å². The summed E-state index contributed by atoms with van der Waals surface area (Å²) in [7, 11) is 0. The lowest BCUT2D eigenvalue weighted by Crippen LogP contribution is -2.45. The van der Waals surface area contributed by atoms with Gasteiger partial charge in [-0.15, -0.1) is 0 Å². The van der Waals surface area contributed by atoms with Gasteiger partial charge in [0.25, 0.3) is 0 Å². The van der Waals surface area contributed by atoms with Crippen molar-refractivity contribution in [3.8, 4) is 11.8 Å². The molecule has 4 nitrogen and oxygen atoms in total. The number of nitrogens with zero attached hydrogens (tertiary/aromatic N) is 2. The lowest BCUT2D eigenvalue weighted by molar-refractivity contribution is 0.198. The minimum Gasteiger partial charge on any atom is -0.489 e. The molecule has 2 rings (SSSR count). The van der Waals surface area contributed by atoms with E-state index in [0.717, 1.165) is 25.7 Å². The Morgan fingerprint density at radius 3 is 2.72 bits per heavy atom. The summed E-state index contributed by atoms with van der Waals surface area (Å²) in [6, 6.07) is 3.76. The van der Waals surface area contributed by atoms with Crippen molar-refractivity contribution in [2.75, 3.05) is 6.61 Å². The fourth-order valence-corrected chi connectivity index (χ4v) is 2.39. The normalized spacial score (nSPS) is 18.7. The number of nitrogens with two attached hydrogens (primary N) is 1. The molecule has 0 atom stereocenters. The van der Waals surface area contributed by atoms with Gasteiger partial charge in [0, 0.05) is 6.20 Å². The van der Waals surface area contributed by atoms with E-state index in [0.29, 0.717) is 17.9 Å². The van der Waals surface area contributed by atoms with Crippen LogP contribution in [0.15, 0.2) is 18.5 Å². The van der Waals surface area contributed by atoms with Gasteiger partial charge in [0.15, 0.2) is 5.75 Å². The molecule has 0 radical (unpaired) electrons. The molecule has 0 spiro atoms. The lowest BCUT2D eigenvalue weighted by atomic mass is 9.92. The van der Waals surface area contributed by atoms with Crippen LogP contribution in [0.4, 0.5) is 0 Å². The van der Waals surface area contributed by atoms with Crippen LogP contribution in [0.2, 0.25) is 0 Å². The summed E-state index contributed by atoms with van der Waals surface area (Å²) < 4.78 is 5.72. The van der Waals surface area contributed by atoms with Gasteiger partial charge in [-0.1, -0.05) is 25.7 Å². The second-order valence-electron chi connectivity index (χ2n) is 5.05. The van der Waals surface area contributed by atoms with Gasteiger partial charge in [-0.3, -0.25) is 4.98 Å². The second kappa shape index (κ2) is 5.83. The fourth-order valence-electron chi connectivity index (χ4n) is 2.39. The van der Waals surface area contributed by atoms with Crippen LogP contribution in [0, 0.1) is 11.3 Å². The van der Waals surface area contributed by atoms with E-state index in [4.69, 9.17) is 15.7 Å². The first-order chi connectivity index (χ1) is 8.73. The zero-order chi connectivity index (χ0) is 12.8. The Labute approximate surface area is 108 Å². The molecule has 2 N–H and O–H groups in total. The zero-order valence-electron chi connectivity index (χ0n) is 10.6. The number of ether oxygens (including phenoxy) is 1. The molecule has 1 saturated carbocycles. The van der Waals surface area contributed by atoms with Crippen molar-refractivity contribution < 1.29 is 4.74 Å². The molecule has 1 aliphatic carbocycles. The molecule has 0 bridgehead atoms. The maximum absolute atomic E-state index is 8.98. The van der Waals surface area contributed by atoms with Gasteiger partial charge < -0.3 is 10.5 Å². The molecule has 4 heteroatoms. The summed E-state index contributed by atoms with van der Waals surface area (Å²) in [4.78, 5) is 3.98. The van der Waals surface area contributed by atoms with E-state index in [1.165, 1.54) is 12.8 Å². The predicted molar refractivity (Wildman–Crippen MR) is 69.1 cm³/mol. The van der Waals surface area contributed by atoms with Crippen molar-refractivity contribution in [2.24, 2.45) is 5.73 Å². The summed E-state index contributed by atoms with van der Waals surface area (Å²) in [5, 5.41) is 8.98. The third kappa shape index (κ3) is 3.21. The molecule has 18 heavy (non-hydrogen) atoms. The fraction of sp³-hybridized carbons (Fsp3) is 0.571. The maximum Gasteiger partial charge on any atom is 0.155 e. The standard InChI is InChI=1S/C14H19N3O/c15-9-12-5-8-17-10-13(12)18-11-14(16)6-3-1-2-4-7-14/h5,8,10H,1-4,6-7,11,16H2. The van der Waals surface area contributed by atoms with Gasteiger partial charge in [-0.05, 0) is 18.9 Å². The van der Waals surface area contributed by atoms with E-state index in [-0.39, 0.29) is 5.54 Å². The number of aromatic nitrogens is 1. The third-order valence-corrected chi connectivity index (χ3v) is 3.52. The highest BCUT2D eigenvalue weighted by molar-refractivity contribution is 5.40. The van der Waals surface area contributed by atoms with E-state index in [2.05, 4.69) is 11.1 Å². The topological polar surface area (TPSA) is 71.9 Å². The van der Waals surface area contributed by atoms with Crippen molar-refractivity contribution >= 4 is 0 Å². The van der Waals surface area contributed by atoms with Crippen LogP contribution in [0.5, 0.6) is 5.75 Å². The zero-order valence-corrected chi connectivity index (χ0v) is 10.6. The Kier molecular flexibility index (Phi) is 4.16. The summed E-state index contributed by atoms with van der Waals surface area (Å²) in [6.07, 6.45) is 10.0. The number of hydrogen-bond donors (Lipinski definition) is 1. The van der Waals surface area contributed by atoms with Gasteiger partial charge >= 0.3 is 0 Å². The van der Waals surface area contributed by atoms with E-state index >= 15 is 0 Å². The Bertz CT molecular complexity index is 431. The minimum atomic E-state index is -0.251. The number of nitriles is 1. The molecular weight excluding hydrogens is 226 g/mol. The van der Waals surface area contributed by atoms with Gasteiger partial charge in [0.2, 0.25) is 0 Å². The van der Waals surface area contributed by atoms with Crippen molar-refractivity contribution in [2.45, 2.75) is 44.1 Å². The van der Waals surface area contributed by atoms with Crippen molar-refractivity contribution in [3.05, 3.63) is 24.0 Å². The Morgan fingerprint density at radius 2 is 2.06 bits per heavy atom. The van der Waals surface area contributed by atoms with Gasteiger partial charge in [-0.25, -0.2) is 0 Å². The highest BCUT2D eigenvalue weighted by Crippen LogP contribution is 2.26. The molecular formula is C14H19N3O. The first-order valence-corrected chi connectivity index (χ1v) is 6.49. The number of hydrogen-bond acceptors (Lipinski definition) is 4. The maximum atomic E-state index is 8.98. The Hall–Kier alpha value is -1.60. The first kappa shape index (κ1) is 12.8. The summed E-state index contributed by atoms with van der Waals surface area (Å²) in [6.45, 7) is 0.466. The van der Waals surface area contributed by atoms with E-state index < -0.39 is 0 Å². The molecule has 1 aromatic heterocycles. The van der Waals surface area contributed by atoms with Gasteiger partial charge in [0.1, 0.15) is 12.7 Å². The molecule has 0 aromatic carbocycles. The summed E-state index contributed by atoms with van der Waals surface area (Å²) >= 11 is 0. The van der Waals surface area contributed by atoms with Crippen molar-refractivity contribution in [3.63, 3.8) is 0 Å². The summed E-state index contributed by atoms with van der Waals surface area (Å²) in [5.41, 5.74) is 6.64. The molecule has 1 aromatic rings. The Morgan fingerprint density at radius 1 is 1.33 bits per heavy atom. The van der Waals surface area contributed by atoms with E-state index in [1.807, 2.05) is 0 Å². The van der Waals surface area contributed by atoms with E-state index in [1.54, 1.807) is 18.5 Å². The molecule has 1 fully saturated rings. The predicted octanol–water partition coefficient (Wildman–Crippen LogP) is 2.38. The van der Waals surface area contributed by atoms with Crippen LogP contribution in [0.1, 0.15) is 44.1 Å². The average molecular weight is 245 g/mol. The van der Waals surface area contributed by atoms with Crippen molar-refractivity contribution in [1.29, 1.82) is 5.26 Å². The van der Waals surface area contributed by atoms with Gasteiger partial charge in [-0.2, -0.15) is 5.26 Å². The molecule has 1 heterocycles.